The average Bonchev–Trinajstić information content (AvgIpc) is 2.79. The first-order valence-electron chi connectivity index (χ1n) is 7.83. The van der Waals surface area contributed by atoms with Crippen molar-refractivity contribution in [1.29, 1.82) is 0 Å². The van der Waals surface area contributed by atoms with Crippen molar-refractivity contribution in [2.24, 2.45) is 5.29 Å². The van der Waals surface area contributed by atoms with E-state index in [1.165, 1.54) is 5.01 Å². The van der Waals surface area contributed by atoms with Gasteiger partial charge in [0.25, 0.3) is 0 Å². The van der Waals surface area contributed by atoms with Crippen molar-refractivity contribution in [1.82, 2.24) is 4.90 Å². The predicted octanol–water partition coefficient (Wildman–Crippen LogP) is 3.64. The normalized spacial score (nSPS) is 13.9. The van der Waals surface area contributed by atoms with Crippen molar-refractivity contribution in [3.63, 3.8) is 0 Å². The van der Waals surface area contributed by atoms with Gasteiger partial charge in [0.15, 0.2) is 0 Å². The number of amides is 1. The van der Waals surface area contributed by atoms with E-state index in [1.807, 2.05) is 55.5 Å². The summed E-state index contributed by atoms with van der Waals surface area (Å²) in [5, 5.41) is 4.48. The van der Waals surface area contributed by atoms with Gasteiger partial charge in [-0.15, -0.1) is 4.91 Å². The van der Waals surface area contributed by atoms with Crippen LogP contribution in [0.15, 0.2) is 53.8 Å². The first-order chi connectivity index (χ1) is 11.7. The number of ether oxygens (including phenoxy) is 1. The van der Waals surface area contributed by atoms with E-state index < -0.39 is 6.09 Å². The SMILES string of the molecule is Cc1ccc2c(c1)N(N=O)CCN(C(=O)OCc1ccccc1)C2. The summed E-state index contributed by atoms with van der Waals surface area (Å²) < 4.78 is 5.39. The summed E-state index contributed by atoms with van der Waals surface area (Å²) in [7, 11) is 0. The minimum absolute atomic E-state index is 0.229. The molecule has 0 saturated carbocycles. The van der Waals surface area contributed by atoms with E-state index in [2.05, 4.69) is 5.29 Å². The third-order valence-corrected chi connectivity index (χ3v) is 4.02. The number of nitroso groups, excluding NO2 is 1. The molecule has 0 bridgehead atoms. The number of nitrogens with zero attached hydrogens (tertiary/aromatic N) is 3. The van der Waals surface area contributed by atoms with Crippen molar-refractivity contribution in [2.75, 3.05) is 18.1 Å². The first kappa shape index (κ1) is 16.0. The molecule has 0 atom stereocenters. The Balaban J connectivity index is 1.72. The highest BCUT2D eigenvalue weighted by Gasteiger charge is 2.24. The Morgan fingerprint density at radius 2 is 1.96 bits per heavy atom. The average molecular weight is 325 g/mol. The number of fused-ring (bicyclic) bond motifs is 1. The summed E-state index contributed by atoms with van der Waals surface area (Å²) >= 11 is 0. The van der Waals surface area contributed by atoms with Crippen LogP contribution in [0.2, 0.25) is 0 Å². The molecule has 1 aliphatic rings. The summed E-state index contributed by atoms with van der Waals surface area (Å²) in [4.78, 5) is 25.1. The van der Waals surface area contributed by atoms with Crippen LogP contribution in [0.25, 0.3) is 0 Å². The van der Waals surface area contributed by atoms with Crippen LogP contribution in [0.5, 0.6) is 0 Å². The number of carbonyl (C=O) groups is 1. The summed E-state index contributed by atoms with van der Waals surface area (Å²) in [5.74, 6) is 0. The Morgan fingerprint density at radius 3 is 2.71 bits per heavy atom. The third kappa shape index (κ3) is 3.53. The molecule has 1 amide bonds. The van der Waals surface area contributed by atoms with Crippen molar-refractivity contribution >= 4 is 11.8 Å². The van der Waals surface area contributed by atoms with Crippen LogP contribution in [0, 0.1) is 11.8 Å². The Morgan fingerprint density at radius 1 is 1.17 bits per heavy atom. The van der Waals surface area contributed by atoms with Gasteiger partial charge in [0.05, 0.1) is 24.1 Å². The highest BCUT2D eigenvalue weighted by molar-refractivity contribution is 5.69. The van der Waals surface area contributed by atoms with E-state index in [9.17, 15) is 9.70 Å². The Kier molecular flexibility index (Phi) is 4.74. The van der Waals surface area contributed by atoms with Gasteiger partial charge >= 0.3 is 6.09 Å². The quantitative estimate of drug-likeness (QED) is 0.808. The number of aryl methyl sites for hydroxylation is 1. The second-order valence-electron chi connectivity index (χ2n) is 5.80. The molecule has 2 aromatic rings. The molecule has 0 radical (unpaired) electrons. The molecule has 124 valence electrons. The Bertz CT molecular complexity index is 734. The van der Waals surface area contributed by atoms with E-state index in [1.54, 1.807) is 4.90 Å². The fourth-order valence-corrected chi connectivity index (χ4v) is 2.72. The van der Waals surface area contributed by atoms with Crippen LogP contribution >= 0.6 is 0 Å². The van der Waals surface area contributed by atoms with Crippen LogP contribution in [0.1, 0.15) is 16.7 Å². The topological polar surface area (TPSA) is 62.2 Å². The molecule has 6 heteroatoms. The molecular weight excluding hydrogens is 306 g/mol. The van der Waals surface area contributed by atoms with Gasteiger partial charge in [-0.2, -0.15) is 0 Å². The zero-order valence-corrected chi connectivity index (χ0v) is 13.5. The minimum atomic E-state index is -0.391. The summed E-state index contributed by atoms with van der Waals surface area (Å²) in [6, 6.07) is 15.3. The lowest BCUT2D eigenvalue weighted by molar-refractivity contribution is 0.0954. The second-order valence-corrected chi connectivity index (χ2v) is 5.80. The lowest BCUT2D eigenvalue weighted by Gasteiger charge is -2.20. The molecular formula is C18H19N3O3. The van der Waals surface area contributed by atoms with E-state index in [0.717, 1.165) is 22.4 Å². The van der Waals surface area contributed by atoms with E-state index >= 15 is 0 Å². The van der Waals surface area contributed by atoms with Crippen LogP contribution in [0.4, 0.5) is 10.5 Å². The van der Waals surface area contributed by atoms with Crippen molar-refractivity contribution in [3.05, 3.63) is 70.1 Å². The number of hydrogen-bond acceptors (Lipinski definition) is 4. The fraction of sp³-hybridized carbons (Fsp3) is 0.278. The lowest BCUT2D eigenvalue weighted by Crippen LogP contribution is -2.34. The van der Waals surface area contributed by atoms with Gasteiger partial charge in [0.2, 0.25) is 0 Å². The first-order valence-corrected chi connectivity index (χ1v) is 7.83. The van der Waals surface area contributed by atoms with Gasteiger partial charge < -0.3 is 9.64 Å². The molecule has 1 aliphatic heterocycles. The van der Waals surface area contributed by atoms with Crippen LogP contribution in [-0.4, -0.2) is 24.1 Å². The molecule has 0 aromatic heterocycles. The second kappa shape index (κ2) is 7.12. The number of hydrogen-bond donors (Lipinski definition) is 0. The van der Waals surface area contributed by atoms with Gasteiger partial charge in [0, 0.05) is 6.54 Å². The van der Waals surface area contributed by atoms with Crippen LogP contribution in [0.3, 0.4) is 0 Å². The highest BCUT2D eigenvalue weighted by atomic mass is 16.6. The van der Waals surface area contributed by atoms with Gasteiger partial charge in [0.1, 0.15) is 6.61 Å². The predicted molar refractivity (Wildman–Crippen MR) is 91.4 cm³/mol. The molecule has 0 fully saturated rings. The Labute approximate surface area is 140 Å². The van der Waals surface area contributed by atoms with Crippen molar-refractivity contribution in [3.8, 4) is 0 Å². The summed E-state index contributed by atoms with van der Waals surface area (Å²) in [6.07, 6.45) is -0.391. The fourth-order valence-electron chi connectivity index (χ4n) is 2.72. The van der Waals surface area contributed by atoms with Crippen molar-refractivity contribution in [2.45, 2.75) is 20.1 Å². The van der Waals surface area contributed by atoms with Crippen LogP contribution in [-0.2, 0) is 17.9 Å². The number of benzene rings is 2. The molecule has 0 aliphatic carbocycles. The van der Waals surface area contributed by atoms with Crippen LogP contribution < -0.4 is 5.01 Å². The smallest absolute Gasteiger partial charge is 0.410 e. The largest absolute Gasteiger partial charge is 0.445 e. The Hall–Kier alpha value is -2.89. The maximum Gasteiger partial charge on any atom is 0.410 e. The van der Waals surface area contributed by atoms with Crippen molar-refractivity contribution < 1.29 is 9.53 Å². The van der Waals surface area contributed by atoms with E-state index in [4.69, 9.17) is 4.74 Å². The van der Waals surface area contributed by atoms with Gasteiger partial charge in [-0.05, 0) is 29.7 Å². The third-order valence-electron chi connectivity index (χ3n) is 4.02. The standard InChI is InChI=1S/C18H19N3O3/c1-14-7-8-16-12-20(9-10-21(19-23)17(16)11-14)18(22)24-13-15-5-3-2-4-6-15/h2-8,11H,9-10,12-13H2,1H3. The van der Waals surface area contributed by atoms with Gasteiger partial charge in [-0.25, -0.2) is 9.80 Å². The molecule has 0 saturated heterocycles. The van der Waals surface area contributed by atoms with E-state index in [0.29, 0.717) is 19.6 Å². The molecule has 24 heavy (non-hydrogen) atoms. The highest BCUT2D eigenvalue weighted by Crippen LogP contribution is 2.27. The monoisotopic (exact) mass is 325 g/mol. The number of carbonyl (C=O) groups excluding carboxylic acids is 1. The molecule has 0 unspecified atom stereocenters. The molecule has 0 N–H and O–H groups in total. The maximum atomic E-state index is 12.4. The molecule has 0 spiro atoms. The summed E-state index contributed by atoms with van der Waals surface area (Å²) in [6.45, 7) is 3.31. The number of anilines is 1. The zero-order valence-electron chi connectivity index (χ0n) is 13.5. The lowest BCUT2D eigenvalue weighted by atomic mass is 10.1. The maximum absolute atomic E-state index is 12.4. The minimum Gasteiger partial charge on any atom is -0.445 e. The molecule has 1 heterocycles. The molecule has 6 nitrogen and oxygen atoms in total. The molecule has 3 rings (SSSR count). The van der Waals surface area contributed by atoms with Gasteiger partial charge in [-0.1, -0.05) is 42.5 Å². The molecule has 2 aromatic carbocycles. The summed E-state index contributed by atoms with van der Waals surface area (Å²) in [5.41, 5.74) is 3.62. The van der Waals surface area contributed by atoms with E-state index in [-0.39, 0.29) is 6.61 Å². The number of rotatable bonds is 3. The van der Waals surface area contributed by atoms with Gasteiger partial charge in [-0.3, -0.25) is 0 Å². The zero-order chi connectivity index (χ0) is 16.9.